The topological polar surface area (TPSA) is 70.1 Å². The van der Waals surface area contributed by atoms with Crippen LogP contribution in [-0.4, -0.2) is 27.7 Å². The van der Waals surface area contributed by atoms with Gasteiger partial charge in [-0.2, -0.15) is 4.98 Å². The Kier molecular flexibility index (Phi) is 5.49. The van der Waals surface area contributed by atoms with Gasteiger partial charge in [-0.05, 0) is 44.0 Å². The van der Waals surface area contributed by atoms with E-state index in [1.165, 1.54) is 11.1 Å². The third kappa shape index (κ3) is 4.58. The lowest BCUT2D eigenvalue weighted by atomic mass is 10.1. The average molecular weight is 348 g/mol. The largest absolute Gasteiger partial charge is 0.394 e. The van der Waals surface area contributed by atoms with E-state index in [1.54, 1.807) is 0 Å². The highest BCUT2D eigenvalue weighted by Gasteiger charge is 2.09. The minimum Gasteiger partial charge on any atom is -0.394 e. The summed E-state index contributed by atoms with van der Waals surface area (Å²) in [7, 11) is 0. The minimum atomic E-state index is -0.130. The number of aromatic nitrogens is 2. The zero-order valence-electron chi connectivity index (χ0n) is 15.3. The van der Waals surface area contributed by atoms with Gasteiger partial charge in [0.2, 0.25) is 5.95 Å². The number of hydrogen-bond acceptors (Lipinski definition) is 5. The minimum absolute atomic E-state index is 0.0127. The molecule has 1 atom stereocenters. The lowest BCUT2D eigenvalue weighted by Crippen LogP contribution is -2.21. The number of hydrogen-bond donors (Lipinski definition) is 3. The third-order valence-electron chi connectivity index (χ3n) is 3.94. The van der Waals surface area contributed by atoms with Gasteiger partial charge in [-0.1, -0.05) is 36.4 Å². The molecule has 0 bridgehead atoms. The summed E-state index contributed by atoms with van der Waals surface area (Å²) in [5.74, 6) is 1.19. The van der Waals surface area contributed by atoms with Crippen LogP contribution in [0.5, 0.6) is 0 Å². The molecule has 3 N–H and O–H groups in total. The van der Waals surface area contributed by atoms with Crippen molar-refractivity contribution in [2.45, 2.75) is 26.8 Å². The summed E-state index contributed by atoms with van der Waals surface area (Å²) < 4.78 is 0. The lowest BCUT2D eigenvalue weighted by molar-refractivity contribution is 0.281. The van der Waals surface area contributed by atoms with Crippen LogP contribution in [0, 0.1) is 13.8 Å². The van der Waals surface area contributed by atoms with E-state index in [9.17, 15) is 5.11 Å². The molecule has 0 amide bonds. The van der Waals surface area contributed by atoms with Crippen LogP contribution in [0.3, 0.4) is 0 Å². The molecular formula is C21H24N4O. The van der Waals surface area contributed by atoms with Crippen molar-refractivity contribution < 1.29 is 5.11 Å². The Morgan fingerprint density at radius 2 is 1.65 bits per heavy atom. The number of aliphatic hydroxyl groups is 1. The molecule has 1 heterocycles. The standard InChI is InChI=1S/C21H24N4O/c1-14-9-15(2)11-18(10-14)23-20-12-19(17-7-5-4-6-8-17)24-21(25-20)22-16(3)13-26/h4-12,16,26H,13H2,1-3H3,(H2,22,23,24,25)/t16-/m1/s1. The van der Waals surface area contributed by atoms with E-state index < -0.39 is 0 Å². The monoisotopic (exact) mass is 348 g/mol. The summed E-state index contributed by atoms with van der Waals surface area (Å²) in [4.78, 5) is 9.15. The number of aryl methyl sites for hydroxylation is 2. The van der Waals surface area contributed by atoms with Crippen LogP contribution in [0.4, 0.5) is 17.5 Å². The molecular weight excluding hydrogens is 324 g/mol. The molecule has 0 aliphatic heterocycles. The van der Waals surface area contributed by atoms with Crippen LogP contribution in [0.1, 0.15) is 18.1 Å². The molecule has 5 heteroatoms. The number of anilines is 3. The van der Waals surface area contributed by atoms with Crippen LogP contribution in [0.2, 0.25) is 0 Å². The predicted molar refractivity (Wildman–Crippen MR) is 107 cm³/mol. The first kappa shape index (κ1) is 17.9. The Bertz CT molecular complexity index is 860. The highest BCUT2D eigenvalue weighted by atomic mass is 16.3. The molecule has 3 aromatic rings. The maximum Gasteiger partial charge on any atom is 0.225 e. The molecule has 0 unspecified atom stereocenters. The molecule has 0 saturated heterocycles. The molecule has 0 radical (unpaired) electrons. The quantitative estimate of drug-likeness (QED) is 0.620. The number of nitrogens with one attached hydrogen (secondary N) is 2. The van der Waals surface area contributed by atoms with Gasteiger partial charge in [-0.25, -0.2) is 4.98 Å². The van der Waals surface area contributed by atoms with Gasteiger partial charge in [-0.3, -0.25) is 0 Å². The van der Waals surface area contributed by atoms with Gasteiger partial charge < -0.3 is 15.7 Å². The van der Waals surface area contributed by atoms with Gasteiger partial charge in [0, 0.05) is 23.4 Å². The molecule has 5 nitrogen and oxygen atoms in total. The van der Waals surface area contributed by atoms with Crippen LogP contribution < -0.4 is 10.6 Å². The van der Waals surface area contributed by atoms with Gasteiger partial charge in [0.25, 0.3) is 0 Å². The fourth-order valence-electron chi connectivity index (χ4n) is 2.79. The van der Waals surface area contributed by atoms with Crippen LogP contribution >= 0.6 is 0 Å². The van der Waals surface area contributed by atoms with E-state index in [0.717, 1.165) is 16.9 Å². The molecule has 0 aliphatic rings. The van der Waals surface area contributed by atoms with Gasteiger partial charge in [0.05, 0.1) is 12.3 Å². The summed E-state index contributed by atoms with van der Waals surface area (Å²) in [5.41, 5.74) is 5.20. The Balaban J connectivity index is 1.98. The highest BCUT2D eigenvalue weighted by Crippen LogP contribution is 2.24. The third-order valence-corrected chi connectivity index (χ3v) is 3.94. The van der Waals surface area contributed by atoms with Crippen LogP contribution in [-0.2, 0) is 0 Å². The predicted octanol–water partition coefficient (Wildman–Crippen LogP) is 4.30. The Labute approximate surface area is 154 Å². The van der Waals surface area contributed by atoms with Crippen LogP contribution in [0.15, 0.2) is 54.6 Å². The van der Waals surface area contributed by atoms with Crippen molar-refractivity contribution in [3.8, 4) is 11.3 Å². The summed E-state index contributed by atoms with van der Waals surface area (Å²) in [5, 5.41) is 15.8. The second kappa shape index (κ2) is 7.97. The number of rotatable bonds is 6. The average Bonchev–Trinajstić information content (AvgIpc) is 2.61. The number of aliphatic hydroxyl groups excluding tert-OH is 1. The molecule has 0 spiro atoms. The van der Waals surface area contributed by atoms with Crippen molar-refractivity contribution >= 4 is 17.5 Å². The van der Waals surface area contributed by atoms with E-state index >= 15 is 0 Å². The van der Waals surface area contributed by atoms with Crippen molar-refractivity contribution in [3.63, 3.8) is 0 Å². The molecule has 2 aromatic carbocycles. The van der Waals surface area contributed by atoms with E-state index in [-0.39, 0.29) is 12.6 Å². The lowest BCUT2D eigenvalue weighted by Gasteiger charge is -2.15. The first-order chi connectivity index (χ1) is 12.5. The SMILES string of the molecule is Cc1cc(C)cc(Nc2cc(-c3ccccc3)nc(N[C@H](C)CO)n2)c1. The molecule has 0 saturated carbocycles. The molecule has 26 heavy (non-hydrogen) atoms. The molecule has 0 aliphatic carbocycles. The van der Waals surface area contributed by atoms with Gasteiger partial charge in [0.1, 0.15) is 5.82 Å². The van der Waals surface area contributed by atoms with E-state index in [1.807, 2.05) is 43.3 Å². The molecule has 0 fully saturated rings. The number of benzene rings is 2. The zero-order valence-corrected chi connectivity index (χ0v) is 15.3. The molecule has 3 rings (SSSR count). The van der Waals surface area contributed by atoms with Crippen molar-refractivity contribution in [2.24, 2.45) is 0 Å². The van der Waals surface area contributed by atoms with Crippen molar-refractivity contribution in [2.75, 3.05) is 17.2 Å². The van der Waals surface area contributed by atoms with Crippen LogP contribution in [0.25, 0.3) is 11.3 Å². The second-order valence-corrected chi connectivity index (χ2v) is 6.56. The first-order valence-electron chi connectivity index (χ1n) is 8.71. The Hall–Kier alpha value is -2.92. The fourth-order valence-corrected chi connectivity index (χ4v) is 2.79. The normalized spacial score (nSPS) is 11.8. The van der Waals surface area contributed by atoms with E-state index in [0.29, 0.717) is 11.8 Å². The smallest absolute Gasteiger partial charge is 0.225 e. The fraction of sp³-hybridized carbons (Fsp3) is 0.238. The van der Waals surface area contributed by atoms with Gasteiger partial charge in [0.15, 0.2) is 0 Å². The Morgan fingerprint density at radius 1 is 0.962 bits per heavy atom. The van der Waals surface area contributed by atoms with E-state index in [4.69, 9.17) is 0 Å². The van der Waals surface area contributed by atoms with Gasteiger partial charge in [-0.15, -0.1) is 0 Å². The second-order valence-electron chi connectivity index (χ2n) is 6.56. The highest BCUT2D eigenvalue weighted by molar-refractivity contribution is 5.67. The van der Waals surface area contributed by atoms with Crippen molar-refractivity contribution in [1.29, 1.82) is 0 Å². The number of nitrogens with zero attached hydrogens (tertiary/aromatic N) is 2. The maximum absolute atomic E-state index is 9.31. The summed E-state index contributed by atoms with van der Waals surface area (Å²) in [6.07, 6.45) is 0. The van der Waals surface area contributed by atoms with Gasteiger partial charge >= 0.3 is 0 Å². The molecule has 134 valence electrons. The first-order valence-corrected chi connectivity index (χ1v) is 8.71. The Morgan fingerprint density at radius 3 is 2.31 bits per heavy atom. The van der Waals surface area contributed by atoms with Crippen molar-refractivity contribution in [3.05, 3.63) is 65.7 Å². The summed E-state index contributed by atoms with van der Waals surface area (Å²) in [6.45, 7) is 6.04. The molecule has 1 aromatic heterocycles. The summed E-state index contributed by atoms with van der Waals surface area (Å²) >= 11 is 0. The zero-order chi connectivity index (χ0) is 18.5. The summed E-state index contributed by atoms with van der Waals surface area (Å²) in [6, 6.07) is 18.1. The maximum atomic E-state index is 9.31. The van der Waals surface area contributed by atoms with E-state index in [2.05, 4.69) is 52.6 Å². The van der Waals surface area contributed by atoms with Crippen molar-refractivity contribution in [1.82, 2.24) is 9.97 Å².